The Balaban J connectivity index is 1.60. The standard InChI is InChI=1S/C22H21FN4O3S/c1-26-8-10-27(11-9-26)31(29,30)15-6-7-16-19(13-15)24-21(20(16)23)17-12-14-4-2-3-5-18(14)25-22(17)28/h2-7,12-13,24H,8-11H2,1H3,(H,25,28). The molecule has 1 saturated heterocycles. The Labute approximate surface area is 178 Å². The molecule has 2 N–H and O–H groups in total. The number of benzene rings is 2. The summed E-state index contributed by atoms with van der Waals surface area (Å²) in [5.74, 6) is -0.584. The molecule has 0 bridgehead atoms. The predicted molar refractivity (Wildman–Crippen MR) is 118 cm³/mol. The number of hydrogen-bond acceptors (Lipinski definition) is 4. The lowest BCUT2D eigenvalue weighted by molar-refractivity contribution is 0.222. The van der Waals surface area contributed by atoms with Crippen molar-refractivity contribution < 1.29 is 12.8 Å². The molecule has 0 radical (unpaired) electrons. The van der Waals surface area contributed by atoms with E-state index in [9.17, 15) is 13.2 Å². The van der Waals surface area contributed by atoms with Crippen LogP contribution in [0.4, 0.5) is 4.39 Å². The summed E-state index contributed by atoms with van der Waals surface area (Å²) >= 11 is 0. The number of aromatic amines is 2. The highest BCUT2D eigenvalue weighted by molar-refractivity contribution is 7.89. The molecule has 1 aliphatic heterocycles. The first-order valence-electron chi connectivity index (χ1n) is 9.97. The van der Waals surface area contributed by atoms with Crippen LogP contribution in [0.5, 0.6) is 0 Å². The number of pyridine rings is 1. The van der Waals surface area contributed by atoms with Gasteiger partial charge in [-0.15, -0.1) is 0 Å². The number of aromatic nitrogens is 2. The third-order valence-electron chi connectivity index (χ3n) is 5.83. The molecular formula is C22H21FN4O3S. The van der Waals surface area contributed by atoms with Crippen LogP contribution >= 0.6 is 0 Å². The average molecular weight is 441 g/mol. The van der Waals surface area contributed by atoms with Gasteiger partial charge in [0.1, 0.15) is 0 Å². The van der Waals surface area contributed by atoms with Gasteiger partial charge < -0.3 is 14.9 Å². The van der Waals surface area contributed by atoms with E-state index in [0.29, 0.717) is 37.2 Å². The zero-order chi connectivity index (χ0) is 21.8. The van der Waals surface area contributed by atoms with E-state index in [-0.39, 0.29) is 21.5 Å². The molecule has 0 aliphatic carbocycles. The average Bonchev–Trinajstić information content (AvgIpc) is 3.09. The Morgan fingerprint density at radius 1 is 0.935 bits per heavy atom. The van der Waals surface area contributed by atoms with Crippen molar-refractivity contribution in [2.45, 2.75) is 4.90 Å². The molecule has 2 aromatic carbocycles. The number of likely N-dealkylation sites (N-methyl/N-ethyl adjacent to an activating group) is 1. The van der Waals surface area contributed by atoms with Crippen molar-refractivity contribution in [3.05, 3.63) is 64.7 Å². The summed E-state index contributed by atoms with van der Waals surface area (Å²) in [6.45, 7) is 2.14. The fourth-order valence-corrected chi connectivity index (χ4v) is 5.45. The van der Waals surface area contributed by atoms with Crippen LogP contribution in [0.1, 0.15) is 0 Å². The largest absolute Gasteiger partial charge is 0.352 e. The second kappa shape index (κ2) is 7.30. The van der Waals surface area contributed by atoms with Crippen LogP contribution in [0.2, 0.25) is 0 Å². The van der Waals surface area contributed by atoms with Gasteiger partial charge in [-0.25, -0.2) is 12.8 Å². The van der Waals surface area contributed by atoms with E-state index in [4.69, 9.17) is 0 Å². The van der Waals surface area contributed by atoms with Gasteiger partial charge in [-0.2, -0.15) is 4.31 Å². The van der Waals surface area contributed by atoms with Crippen LogP contribution in [-0.4, -0.2) is 60.8 Å². The molecule has 31 heavy (non-hydrogen) atoms. The normalized spacial score (nSPS) is 16.3. The Kier molecular flexibility index (Phi) is 4.69. The molecule has 9 heteroatoms. The van der Waals surface area contributed by atoms with E-state index in [2.05, 4.69) is 14.9 Å². The first-order valence-corrected chi connectivity index (χ1v) is 11.4. The third-order valence-corrected chi connectivity index (χ3v) is 7.72. The van der Waals surface area contributed by atoms with Crippen molar-refractivity contribution in [1.82, 2.24) is 19.2 Å². The number of rotatable bonds is 3. The Morgan fingerprint density at radius 2 is 1.68 bits per heavy atom. The monoisotopic (exact) mass is 440 g/mol. The summed E-state index contributed by atoms with van der Waals surface area (Å²) in [5.41, 5.74) is 0.769. The van der Waals surface area contributed by atoms with Crippen LogP contribution < -0.4 is 5.56 Å². The zero-order valence-corrected chi connectivity index (χ0v) is 17.7. The van der Waals surface area contributed by atoms with Crippen molar-refractivity contribution in [3.8, 4) is 11.3 Å². The first-order chi connectivity index (χ1) is 14.8. The maximum absolute atomic E-state index is 15.2. The van der Waals surface area contributed by atoms with E-state index >= 15 is 4.39 Å². The van der Waals surface area contributed by atoms with Gasteiger partial charge in [0.25, 0.3) is 5.56 Å². The summed E-state index contributed by atoms with van der Waals surface area (Å²) in [6.07, 6.45) is 0. The minimum absolute atomic E-state index is 0.0381. The Hall–Kier alpha value is -3.01. The molecule has 1 fully saturated rings. The molecule has 2 aromatic heterocycles. The Bertz CT molecular complexity index is 1470. The van der Waals surface area contributed by atoms with Crippen LogP contribution in [0.15, 0.2) is 58.2 Å². The smallest absolute Gasteiger partial charge is 0.257 e. The van der Waals surface area contributed by atoms with Crippen molar-refractivity contribution in [2.75, 3.05) is 33.2 Å². The van der Waals surface area contributed by atoms with Gasteiger partial charge in [-0.05, 0) is 42.8 Å². The van der Waals surface area contributed by atoms with Gasteiger partial charge in [-0.1, -0.05) is 18.2 Å². The van der Waals surface area contributed by atoms with Crippen LogP contribution in [0.3, 0.4) is 0 Å². The molecule has 3 heterocycles. The molecule has 0 unspecified atom stereocenters. The van der Waals surface area contributed by atoms with Gasteiger partial charge in [0, 0.05) is 37.1 Å². The number of nitrogens with zero attached hydrogens (tertiary/aromatic N) is 2. The van der Waals surface area contributed by atoms with Crippen LogP contribution in [0.25, 0.3) is 33.1 Å². The van der Waals surface area contributed by atoms with Crippen molar-refractivity contribution in [3.63, 3.8) is 0 Å². The maximum Gasteiger partial charge on any atom is 0.257 e. The number of piperazine rings is 1. The number of halogens is 1. The van der Waals surface area contributed by atoms with Gasteiger partial charge in [0.2, 0.25) is 10.0 Å². The van der Waals surface area contributed by atoms with E-state index in [1.54, 1.807) is 12.1 Å². The SMILES string of the molecule is CN1CCN(S(=O)(=O)c2ccc3c(F)c(-c4cc5ccccc5[nH]c4=O)[nH]c3c2)CC1. The van der Waals surface area contributed by atoms with Crippen LogP contribution in [0, 0.1) is 5.82 Å². The molecule has 4 aromatic rings. The minimum atomic E-state index is -3.69. The van der Waals surface area contributed by atoms with E-state index in [1.165, 1.54) is 22.5 Å². The van der Waals surface area contributed by atoms with E-state index in [1.807, 2.05) is 25.2 Å². The molecule has 0 amide bonds. The fraction of sp³-hybridized carbons (Fsp3) is 0.227. The minimum Gasteiger partial charge on any atom is -0.352 e. The third kappa shape index (κ3) is 3.34. The number of nitrogens with one attached hydrogen (secondary N) is 2. The number of sulfonamides is 1. The summed E-state index contributed by atoms with van der Waals surface area (Å²) in [5, 5.41) is 1.01. The molecule has 0 spiro atoms. The van der Waals surface area contributed by atoms with E-state index in [0.717, 1.165) is 5.39 Å². The molecular weight excluding hydrogens is 419 g/mol. The highest BCUT2D eigenvalue weighted by Crippen LogP contribution is 2.30. The second-order valence-electron chi connectivity index (χ2n) is 7.83. The van der Waals surface area contributed by atoms with Gasteiger partial charge >= 0.3 is 0 Å². The van der Waals surface area contributed by atoms with Crippen molar-refractivity contribution in [1.29, 1.82) is 0 Å². The van der Waals surface area contributed by atoms with E-state index < -0.39 is 21.4 Å². The summed E-state index contributed by atoms with van der Waals surface area (Å²) in [6, 6.07) is 13.2. The highest BCUT2D eigenvalue weighted by Gasteiger charge is 2.28. The van der Waals surface area contributed by atoms with Gasteiger partial charge in [0.15, 0.2) is 5.82 Å². The van der Waals surface area contributed by atoms with Gasteiger partial charge in [0.05, 0.1) is 21.7 Å². The maximum atomic E-state index is 15.2. The Morgan fingerprint density at radius 3 is 2.45 bits per heavy atom. The molecule has 160 valence electrons. The van der Waals surface area contributed by atoms with Crippen molar-refractivity contribution in [2.24, 2.45) is 0 Å². The number of H-pyrrole nitrogens is 2. The number of para-hydroxylation sites is 1. The fourth-order valence-electron chi connectivity index (χ4n) is 4.00. The summed E-state index contributed by atoms with van der Waals surface area (Å²) in [7, 11) is -1.73. The zero-order valence-electron chi connectivity index (χ0n) is 16.9. The van der Waals surface area contributed by atoms with Crippen LogP contribution in [-0.2, 0) is 10.0 Å². The lowest BCUT2D eigenvalue weighted by atomic mass is 10.1. The quantitative estimate of drug-likeness (QED) is 0.513. The molecule has 1 aliphatic rings. The molecule has 5 rings (SSSR count). The van der Waals surface area contributed by atoms with Gasteiger partial charge in [-0.3, -0.25) is 4.79 Å². The second-order valence-corrected chi connectivity index (χ2v) is 9.77. The molecule has 7 nitrogen and oxygen atoms in total. The topological polar surface area (TPSA) is 89.3 Å². The predicted octanol–water partition coefficient (Wildman–Crippen LogP) is 2.75. The highest BCUT2D eigenvalue weighted by atomic mass is 32.2. The van der Waals surface area contributed by atoms with Crippen molar-refractivity contribution >= 4 is 31.8 Å². The molecule has 0 atom stereocenters. The first kappa shape index (κ1) is 19.9. The lowest BCUT2D eigenvalue weighted by Gasteiger charge is -2.31. The summed E-state index contributed by atoms with van der Waals surface area (Å²) in [4.78, 5) is 20.4. The molecule has 0 saturated carbocycles. The summed E-state index contributed by atoms with van der Waals surface area (Å²) < 4.78 is 42.7. The lowest BCUT2D eigenvalue weighted by Crippen LogP contribution is -2.46. The number of fused-ring (bicyclic) bond motifs is 2. The number of hydrogen-bond donors (Lipinski definition) is 2.